The Bertz CT molecular complexity index is 1190. The van der Waals surface area contributed by atoms with Crippen LogP contribution in [-0.2, 0) is 9.59 Å². The number of para-hydroxylation sites is 1. The van der Waals surface area contributed by atoms with E-state index in [-0.39, 0.29) is 24.8 Å². The second-order valence-electron chi connectivity index (χ2n) is 7.53. The van der Waals surface area contributed by atoms with E-state index < -0.39 is 0 Å². The van der Waals surface area contributed by atoms with Gasteiger partial charge in [-0.1, -0.05) is 18.2 Å². The van der Waals surface area contributed by atoms with Gasteiger partial charge in [0.2, 0.25) is 11.8 Å². The molecule has 0 saturated heterocycles. The second-order valence-corrected chi connectivity index (χ2v) is 10.00. The lowest BCUT2D eigenvalue weighted by atomic mass is 10.1. The van der Waals surface area contributed by atoms with Gasteiger partial charge in [-0.3, -0.25) is 9.59 Å². The fourth-order valence-electron chi connectivity index (χ4n) is 3.47. The monoisotopic (exact) mass is 495 g/mol. The number of likely N-dealkylation sites (N-methyl/N-ethyl adjacent to an activating group) is 1. The summed E-state index contributed by atoms with van der Waals surface area (Å²) in [6, 6.07) is 17.3. The van der Waals surface area contributed by atoms with E-state index >= 15 is 0 Å². The number of carbonyl (C=O) groups is 2. The summed E-state index contributed by atoms with van der Waals surface area (Å²) < 4.78 is 0.985. The fraction of sp³-hybridized carbons (Fsp3) is 0.208. The normalized spacial score (nSPS) is 13.5. The van der Waals surface area contributed by atoms with Crippen LogP contribution in [0.5, 0.6) is 0 Å². The molecule has 0 atom stereocenters. The second kappa shape index (κ2) is 8.77. The molecule has 2 aromatic carbocycles. The Hall–Kier alpha value is -2.77. The number of amides is 2. The molecular formula is C24H22BrN3O2S. The van der Waals surface area contributed by atoms with Crippen LogP contribution in [0.15, 0.2) is 63.4 Å². The summed E-state index contributed by atoms with van der Waals surface area (Å²) in [4.78, 5) is 35.4. The van der Waals surface area contributed by atoms with Crippen molar-refractivity contribution in [2.24, 2.45) is 4.99 Å². The Labute approximate surface area is 194 Å². The molecule has 2 amide bonds. The quantitative estimate of drug-likeness (QED) is 0.469. The number of fused-ring (bicyclic) bond motifs is 1. The number of carbonyl (C=O) groups excluding carboxylic acids is 2. The maximum Gasteiger partial charge on any atom is 0.246 e. The largest absolute Gasteiger partial charge is 0.314 e. The minimum atomic E-state index is -0.161. The zero-order valence-corrected chi connectivity index (χ0v) is 20.0. The highest BCUT2D eigenvalue weighted by molar-refractivity contribution is 9.11. The van der Waals surface area contributed by atoms with Crippen molar-refractivity contribution in [3.8, 4) is 0 Å². The molecule has 4 rings (SSSR count). The van der Waals surface area contributed by atoms with Crippen molar-refractivity contribution in [3.05, 3.63) is 74.4 Å². The summed E-state index contributed by atoms with van der Waals surface area (Å²) in [5, 5.41) is 0. The van der Waals surface area contributed by atoms with Gasteiger partial charge in [-0.25, -0.2) is 4.99 Å². The van der Waals surface area contributed by atoms with E-state index in [0.717, 1.165) is 31.2 Å². The van der Waals surface area contributed by atoms with Gasteiger partial charge in [-0.05, 0) is 77.3 Å². The predicted molar refractivity (Wildman–Crippen MR) is 131 cm³/mol. The third-order valence-corrected chi connectivity index (χ3v) is 7.10. The maximum absolute atomic E-state index is 13.3. The van der Waals surface area contributed by atoms with Crippen molar-refractivity contribution in [3.63, 3.8) is 0 Å². The standard InChI is InChI=1S/C24H22BrN3O2S/c1-15-11-18-20(12-16(15)2)28(14-24(30)27(3)17-7-5-4-6-8-17)23(29)13-19(26-18)21-9-10-22(25)31-21/h4-12H,13-14H2,1-3H3. The predicted octanol–water partition coefficient (Wildman–Crippen LogP) is 5.65. The molecule has 0 radical (unpaired) electrons. The van der Waals surface area contributed by atoms with Crippen LogP contribution in [0.25, 0.3) is 0 Å². The summed E-state index contributed by atoms with van der Waals surface area (Å²) in [6.45, 7) is 3.98. The Kier molecular flexibility index (Phi) is 6.07. The molecule has 2 heterocycles. The molecule has 0 spiro atoms. The van der Waals surface area contributed by atoms with Crippen LogP contribution < -0.4 is 9.80 Å². The van der Waals surface area contributed by atoms with Gasteiger partial charge in [0.05, 0.1) is 32.2 Å². The molecule has 3 aromatic rings. The average Bonchev–Trinajstić information content (AvgIpc) is 3.15. The highest BCUT2D eigenvalue weighted by Gasteiger charge is 2.29. The van der Waals surface area contributed by atoms with Crippen molar-refractivity contribution >= 4 is 61.9 Å². The van der Waals surface area contributed by atoms with E-state index in [1.54, 1.807) is 28.2 Å². The van der Waals surface area contributed by atoms with Gasteiger partial charge >= 0.3 is 0 Å². The SMILES string of the molecule is Cc1cc2c(cc1C)N(CC(=O)N(C)c1ccccc1)C(=O)CC(c1ccc(Br)s1)=N2. The van der Waals surface area contributed by atoms with Crippen molar-refractivity contribution in [1.82, 2.24) is 0 Å². The Balaban J connectivity index is 1.71. The van der Waals surface area contributed by atoms with Crippen molar-refractivity contribution in [1.29, 1.82) is 0 Å². The van der Waals surface area contributed by atoms with Crippen LogP contribution in [0, 0.1) is 13.8 Å². The van der Waals surface area contributed by atoms with E-state index in [0.29, 0.717) is 11.4 Å². The number of thiophene rings is 1. The number of rotatable bonds is 4. The number of halogens is 1. The third kappa shape index (κ3) is 4.48. The van der Waals surface area contributed by atoms with Gasteiger partial charge in [0.1, 0.15) is 6.54 Å². The van der Waals surface area contributed by atoms with Crippen LogP contribution in [0.1, 0.15) is 22.4 Å². The van der Waals surface area contributed by atoms with Crippen LogP contribution >= 0.6 is 27.3 Å². The molecule has 0 aliphatic carbocycles. The molecule has 158 valence electrons. The topological polar surface area (TPSA) is 53.0 Å². The zero-order chi connectivity index (χ0) is 22.1. The fourth-order valence-corrected chi connectivity index (χ4v) is 4.84. The first-order chi connectivity index (χ1) is 14.8. The number of hydrogen-bond acceptors (Lipinski definition) is 4. The number of aliphatic imine (C=N–C) groups is 1. The zero-order valence-electron chi connectivity index (χ0n) is 17.6. The molecule has 0 saturated carbocycles. The number of nitrogens with zero attached hydrogens (tertiary/aromatic N) is 3. The van der Waals surface area contributed by atoms with Crippen LogP contribution in [-0.4, -0.2) is 31.1 Å². The number of anilines is 2. The molecule has 0 fully saturated rings. The van der Waals surface area contributed by atoms with E-state index in [2.05, 4.69) is 15.9 Å². The minimum Gasteiger partial charge on any atom is -0.314 e. The summed E-state index contributed by atoms with van der Waals surface area (Å²) >= 11 is 5.03. The number of benzene rings is 2. The first kappa shape index (κ1) is 21.5. The Morgan fingerprint density at radius 1 is 1.13 bits per heavy atom. The van der Waals surface area contributed by atoms with Crippen molar-refractivity contribution in [2.75, 3.05) is 23.4 Å². The van der Waals surface area contributed by atoms with Gasteiger partial charge in [-0.15, -0.1) is 11.3 Å². The molecule has 1 aliphatic heterocycles. The minimum absolute atomic E-state index is 0.0450. The van der Waals surface area contributed by atoms with E-state index in [9.17, 15) is 9.59 Å². The molecule has 0 bridgehead atoms. The molecule has 0 unspecified atom stereocenters. The molecule has 5 nitrogen and oxygen atoms in total. The van der Waals surface area contributed by atoms with Gasteiger partial charge in [0.15, 0.2) is 0 Å². The first-order valence-electron chi connectivity index (χ1n) is 9.90. The summed E-state index contributed by atoms with van der Waals surface area (Å²) in [5.74, 6) is -0.300. The average molecular weight is 496 g/mol. The lowest BCUT2D eigenvalue weighted by Gasteiger charge is -2.26. The molecule has 1 aliphatic rings. The molecule has 7 heteroatoms. The Morgan fingerprint density at radius 3 is 2.52 bits per heavy atom. The summed E-state index contributed by atoms with van der Waals surface area (Å²) in [5.41, 5.74) is 5.04. The molecule has 31 heavy (non-hydrogen) atoms. The Morgan fingerprint density at radius 2 is 1.84 bits per heavy atom. The van der Waals surface area contributed by atoms with Crippen LogP contribution in [0.2, 0.25) is 0 Å². The highest BCUT2D eigenvalue weighted by Crippen LogP contribution is 2.37. The molecule has 1 aromatic heterocycles. The highest BCUT2D eigenvalue weighted by atomic mass is 79.9. The van der Waals surface area contributed by atoms with E-state index in [1.165, 1.54) is 0 Å². The van der Waals surface area contributed by atoms with Crippen LogP contribution in [0.3, 0.4) is 0 Å². The molecular weight excluding hydrogens is 474 g/mol. The van der Waals surface area contributed by atoms with Crippen molar-refractivity contribution < 1.29 is 9.59 Å². The van der Waals surface area contributed by atoms with Gasteiger partial charge in [0.25, 0.3) is 0 Å². The summed E-state index contributed by atoms with van der Waals surface area (Å²) in [6.07, 6.45) is 0.141. The van der Waals surface area contributed by atoms with Crippen molar-refractivity contribution in [2.45, 2.75) is 20.3 Å². The van der Waals surface area contributed by atoms with Gasteiger partial charge in [0, 0.05) is 12.7 Å². The lowest BCUT2D eigenvalue weighted by Crippen LogP contribution is -2.42. The number of aryl methyl sites for hydroxylation is 2. The molecule has 0 N–H and O–H groups in total. The third-order valence-electron chi connectivity index (χ3n) is 5.43. The van der Waals surface area contributed by atoms with E-state index in [1.807, 2.05) is 68.4 Å². The number of hydrogen-bond donors (Lipinski definition) is 0. The maximum atomic E-state index is 13.3. The van der Waals surface area contributed by atoms with Crippen LogP contribution in [0.4, 0.5) is 17.1 Å². The lowest BCUT2D eigenvalue weighted by molar-refractivity contribution is -0.121. The summed E-state index contributed by atoms with van der Waals surface area (Å²) in [7, 11) is 1.73. The van der Waals surface area contributed by atoms with E-state index in [4.69, 9.17) is 4.99 Å². The van der Waals surface area contributed by atoms with Gasteiger partial charge < -0.3 is 9.80 Å². The first-order valence-corrected chi connectivity index (χ1v) is 11.5. The smallest absolute Gasteiger partial charge is 0.246 e. The van der Waals surface area contributed by atoms with Gasteiger partial charge in [-0.2, -0.15) is 0 Å².